The fraction of sp³-hybridized carbons (Fsp3) is 0.632. The van der Waals surface area contributed by atoms with Crippen molar-refractivity contribution in [1.82, 2.24) is 10.6 Å². The van der Waals surface area contributed by atoms with Gasteiger partial charge in [0.2, 0.25) is 5.91 Å². The Labute approximate surface area is 150 Å². The number of hydrogen-bond donors (Lipinski definition) is 2. The van der Waals surface area contributed by atoms with E-state index in [-0.39, 0.29) is 35.9 Å². The molecule has 2 saturated heterocycles. The van der Waals surface area contributed by atoms with Gasteiger partial charge in [-0.2, -0.15) is 0 Å². The molecule has 2 heterocycles. The average molecular weight is 351 g/mol. The highest BCUT2D eigenvalue weighted by atomic mass is 35.5. The molecular formula is C19H27ClN2O2. The van der Waals surface area contributed by atoms with E-state index in [1.54, 1.807) is 0 Å². The number of fused-ring (bicyclic) bond motifs is 1. The Morgan fingerprint density at radius 3 is 2.88 bits per heavy atom. The summed E-state index contributed by atoms with van der Waals surface area (Å²) in [4.78, 5) is 13.1. The quantitative estimate of drug-likeness (QED) is 0.881. The Hall–Kier alpha value is -1.10. The number of benzene rings is 1. The molecule has 3 fully saturated rings. The summed E-state index contributed by atoms with van der Waals surface area (Å²) in [6, 6.07) is 10.4. The van der Waals surface area contributed by atoms with Crippen molar-refractivity contribution in [1.29, 1.82) is 0 Å². The molecule has 4 nitrogen and oxygen atoms in total. The van der Waals surface area contributed by atoms with Gasteiger partial charge in [-0.05, 0) is 37.3 Å². The summed E-state index contributed by atoms with van der Waals surface area (Å²) >= 11 is 0. The van der Waals surface area contributed by atoms with E-state index >= 15 is 0 Å². The highest BCUT2D eigenvalue weighted by Gasteiger charge is 2.50. The molecule has 132 valence electrons. The van der Waals surface area contributed by atoms with Crippen LogP contribution in [-0.2, 0) is 9.53 Å². The molecule has 1 aliphatic carbocycles. The Kier molecular flexibility index (Phi) is 5.48. The molecule has 0 spiro atoms. The maximum Gasteiger partial charge on any atom is 0.228 e. The first-order chi connectivity index (χ1) is 11.3. The summed E-state index contributed by atoms with van der Waals surface area (Å²) in [5.74, 6) is 0.761. The number of halogens is 1. The summed E-state index contributed by atoms with van der Waals surface area (Å²) in [6.45, 7) is 2.56. The molecule has 4 atom stereocenters. The van der Waals surface area contributed by atoms with Gasteiger partial charge < -0.3 is 15.4 Å². The summed E-state index contributed by atoms with van der Waals surface area (Å²) in [6.07, 6.45) is 5.55. The predicted octanol–water partition coefficient (Wildman–Crippen LogP) is 2.83. The van der Waals surface area contributed by atoms with Crippen molar-refractivity contribution in [2.45, 2.75) is 44.2 Å². The Bertz CT molecular complexity index is 568. The molecule has 1 aromatic rings. The van der Waals surface area contributed by atoms with Crippen molar-refractivity contribution < 1.29 is 9.53 Å². The lowest BCUT2D eigenvalue weighted by Gasteiger charge is -2.38. The third kappa shape index (κ3) is 3.07. The molecule has 0 radical (unpaired) electrons. The highest BCUT2D eigenvalue weighted by molar-refractivity contribution is 5.85. The lowest BCUT2D eigenvalue weighted by atomic mass is 9.67. The summed E-state index contributed by atoms with van der Waals surface area (Å²) in [5.41, 5.74) is 0.986. The van der Waals surface area contributed by atoms with Crippen LogP contribution < -0.4 is 10.6 Å². The second kappa shape index (κ2) is 7.42. The summed E-state index contributed by atoms with van der Waals surface area (Å²) in [7, 11) is 0. The first-order valence-electron chi connectivity index (χ1n) is 8.98. The van der Waals surface area contributed by atoms with Crippen molar-refractivity contribution in [2.75, 3.05) is 19.7 Å². The van der Waals surface area contributed by atoms with Gasteiger partial charge in [0.1, 0.15) is 6.10 Å². The van der Waals surface area contributed by atoms with Crippen LogP contribution in [0.5, 0.6) is 0 Å². The van der Waals surface area contributed by atoms with Gasteiger partial charge in [-0.1, -0.05) is 43.2 Å². The molecule has 3 aliphatic rings. The number of ether oxygens (including phenoxy) is 1. The summed E-state index contributed by atoms with van der Waals surface area (Å²) in [5, 5.41) is 6.82. The van der Waals surface area contributed by atoms with Crippen molar-refractivity contribution >= 4 is 18.3 Å². The Morgan fingerprint density at radius 1 is 1.21 bits per heavy atom. The molecular weight excluding hydrogens is 324 g/mol. The lowest BCUT2D eigenvalue weighted by Crippen LogP contribution is -2.51. The minimum absolute atomic E-state index is 0. The monoisotopic (exact) mass is 350 g/mol. The van der Waals surface area contributed by atoms with E-state index in [0.717, 1.165) is 38.1 Å². The van der Waals surface area contributed by atoms with E-state index in [0.29, 0.717) is 5.92 Å². The van der Waals surface area contributed by atoms with Gasteiger partial charge in [0.05, 0.1) is 11.5 Å². The number of amides is 1. The number of hydrogen-bond acceptors (Lipinski definition) is 3. The molecule has 1 amide bonds. The zero-order chi connectivity index (χ0) is 15.7. The highest BCUT2D eigenvalue weighted by Crippen LogP contribution is 2.44. The van der Waals surface area contributed by atoms with E-state index in [1.165, 1.54) is 19.3 Å². The van der Waals surface area contributed by atoms with E-state index in [1.807, 2.05) is 18.2 Å². The zero-order valence-electron chi connectivity index (χ0n) is 14.0. The Balaban J connectivity index is 0.00000169. The van der Waals surface area contributed by atoms with Crippen LogP contribution in [-0.4, -0.2) is 31.6 Å². The van der Waals surface area contributed by atoms with E-state index in [2.05, 4.69) is 22.8 Å². The van der Waals surface area contributed by atoms with Crippen LogP contribution in [0.1, 0.15) is 43.8 Å². The smallest absolute Gasteiger partial charge is 0.228 e. The van der Waals surface area contributed by atoms with Crippen molar-refractivity contribution in [3.05, 3.63) is 35.9 Å². The third-order valence-corrected chi connectivity index (χ3v) is 6.03. The van der Waals surface area contributed by atoms with E-state index in [9.17, 15) is 4.79 Å². The molecule has 0 bridgehead atoms. The van der Waals surface area contributed by atoms with Crippen molar-refractivity contribution in [3.63, 3.8) is 0 Å². The van der Waals surface area contributed by atoms with Crippen molar-refractivity contribution in [3.8, 4) is 0 Å². The fourth-order valence-corrected chi connectivity index (χ4v) is 4.71. The molecule has 1 aromatic carbocycles. The topological polar surface area (TPSA) is 50.4 Å². The second-order valence-electron chi connectivity index (χ2n) is 7.30. The standard InChI is InChI=1S/C19H26N2O2.ClH/c22-18(19-10-5-4-8-15(19)12-20-13-19)21-16-9-11-23-17(16)14-6-2-1-3-7-14;/h1-3,6-7,15-17,20H,4-5,8-13H2,(H,21,22);1H/t15-,16?,17?,19+;/m0./s1. The molecule has 4 rings (SSSR count). The molecule has 24 heavy (non-hydrogen) atoms. The van der Waals surface area contributed by atoms with Crippen LogP contribution in [0.2, 0.25) is 0 Å². The number of carbonyl (C=O) groups is 1. The van der Waals surface area contributed by atoms with Gasteiger partial charge in [-0.25, -0.2) is 0 Å². The Morgan fingerprint density at radius 2 is 2.04 bits per heavy atom. The van der Waals surface area contributed by atoms with Crippen LogP contribution >= 0.6 is 12.4 Å². The molecule has 0 aromatic heterocycles. The van der Waals surface area contributed by atoms with Gasteiger partial charge in [0.25, 0.3) is 0 Å². The summed E-state index contributed by atoms with van der Waals surface area (Å²) < 4.78 is 5.92. The molecule has 5 heteroatoms. The average Bonchev–Trinajstić information content (AvgIpc) is 3.22. The molecule has 2 aliphatic heterocycles. The van der Waals surface area contributed by atoms with Crippen molar-refractivity contribution in [2.24, 2.45) is 11.3 Å². The number of carbonyl (C=O) groups excluding carboxylic acids is 1. The van der Waals surface area contributed by atoms with Gasteiger partial charge >= 0.3 is 0 Å². The number of rotatable bonds is 3. The van der Waals surface area contributed by atoms with Crippen LogP contribution in [0.15, 0.2) is 30.3 Å². The predicted molar refractivity (Wildman–Crippen MR) is 96.2 cm³/mol. The van der Waals surface area contributed by atoms with Crippen LogP contribution in [0.3, 0.4) is 0 Å². The molecule has 2 unspecified atom stereocenters. The lowest BCUT2D eigenvalue weighted by molar-refractivity contribution is -0.135. The van der Waals surface area contributed by atoms with E-state index < -0.39 is 0 Å². The zero-order valence-corrected chi connectivity index (χ0v) is 14.8. The first kappa shape index (κ1) is 17.7. The van der Waals surface area contributed by atoms with Crippen LogP contribution in [0, 0.1) is 11.3 Å². The van der Waals surface area contributed by atoms with E-state index in [4.69, 9.17) is 4.74 Å². The maximum atomic E-state index is 13.1. The normalized spacial score (nSPS) is 35.1. The van der Waals surface area contributed by atoms with Gasteiger partial charge in [0, 0.05) is 13.2 Å². The van der Waals surface area contributed by atoms with Gasteiger partial charge in [-0.3, -0.25) is 4.79 Å². The minimum Gasteiger partial charge on any atom is -0.371 e. The third-order valence-electron chi connectivity index (χ3n) is 6.03. The minimum atomic E-state index is -0.178. The number of nitrogens with one attached hydrogen (secondary N) is 2. The molecule has 2 N–H and O–H groups in total. The fourth-order valence-electron chi connectivity index (χ4n) is 4.71. The maximum absolute atomic E-state index is 13.1. The first-order valence-corrected chi connectivity index (χ1v) is 8.98. The van der Waals surface area contributed by atoms with Crippen LogP contribution in [0.25, 0.3) is 0 Å². The largest absolute Gasteiger partial charge is 0.371 e. The van der Waals surface area contributed by atoms with Gasteiger partial charge in [0.15, 0.2) is 0 Å². The van der Waals surface area contributed by atoms with Gasteiger partial charge in [-0.15, -0.1) is 12.4 Å². The second-order valence-corrected chi connectivity index (χ2v) is 7.30. The molecule has 1 saturated carbocycles. The SMILES string of the molecule is Cl.O=C(NC1CCOC1c1ccccc1)[C@@]12CCCC[C@H]1CNC2. The van der Waals surface area contributed by atoms with Crippen LogP contribution in [0.4, 0.5) is 0 Å².